The number of hydrogen-bond donors (Lipinski definition) is 3. The number of phenolic OH excluding ortho intramolecular Hbond substituents is 2. The third-order valence-corrected chi connectivity index (χ3v) is 9.04. The average Bonchev–Trinajstić information content (AvgIpc) is 2.96. The fourth-order valence-electron chi connectivity index (χ4n) is 6.05. The van der Waals surface area contributed by atoms with Gasteiger partial charge < -0.3 is 30.3 Å². The molecular weight excluding hydrogens is 636 g/mol. The van der Waals surface area contributed by atoms with Crippen molar-refractivity contribution in [2.75, 3.05) is 26.3 Å². The van der Waals surface area contributed by atoms with Crippen molar-refractivity contribution < 1.29 is 38.9 Å². The van der Waals surface area contributed by atoms with E-state index in [0.717, 1.165) is 27.2 Å². The third kappa shape index (κ3) is 12.1. The molecule has 10 nitrogen and oxygen atoms in total. The summed E-state index contributed by atoms with van der Waals surface area (Å²) < 4.78 is 11.0. The molecule has 0 aliphatic rings. The van der Waals surface area contributed by atoms with Crippen molar-refractivity contribution in [2.24, 2.45) is 16.6 Å². The normalized spacial score (nSPS) is 13.7. The van der Waals surface area contributed by atoms with Crippen LogP contribution in [-0.4, -0.2) is 65.2 Å². The first-order valence-electron chi connectivity index (χ1n) is 17.3. The predicted molar refractivity (Wildman–Crippen MR) is 195 cm³/mol. The van der Waals surface area contributed by atoms with Gasteiger partial charge in [0, 0.05) is 0 Å². The summed E-state index contributed by atoms with van der Waals surface area (Å²) in [6, 6.07) is 10.8. The minimum Gasteiger partial charge on any atom is -0.508 e. The molecule has 2 rings (SSSR count). The van der Waals surface area contributed by atoms with Crippen molar-refractivity contribution in [3.63, 3.8) is 0 Å². The van der Waals surface area contributed by atoms with Gasteiger partial charge in [0.15, 0.2) is 0 Å². The third-order valence-electron chi connectivity index (χ3n) is 9.04. The van der Waals surface area contributed by atoms with E-state index < -0.39 is 23.8 Å². The molecule has 0 aliphatic heterocycles. The van der Waals surface area contributed by atoms with Crippen molar-refractivity contribution >= 4 is 23.8 Å². The van der Waals surface area contributed by atoms with Gasteiger partial charge >= 0.3 is 23.8 Å². The lowest BCUT2D eigenvalue weighted by molar-refractivity contribution is -0.150. The van der Waals surface area contributed by atoms with Gasteiger partial charge in [-0.3, -0.25) is 19.2 Å². The van der Waals surface area contributed by atoms with E-state index in [1.807, 2.05) is 107 Å². The molecule has 2 atom stereocenters. The first kappa shape index (κ1) is 42.1. The zero-order valence-electron chi connectivity index (χ0n) is 32.2. The van der Waals surface area contributed by atoms with E-state index in [4.69, 9.17) is 15.2 Å². The number of rotatable bonds is 12. The molecule has 50 heavy (non-hydrogen) atoms. The fraction of sp³-hybridized carbons (Fsp3) is 0.600. The Bertz CT molecular complexity index is 1420. The highest BCUT2D eigenvalue weighted by Gasteiger charge is 2.33. The molecule has 0 bridgehead atoms. The van der Waals surface area contributed by atoms with E-state index in [2.05, 4.69) is 0 Å². The van der Waals surface area contributed by atoms with E-state index >= 15 is 0 Å². The van der Waals surface area contributed by atoms with Crippen LogP contribution < -0.4 is 5.73 Å². The predicted octanol–water partition coefficient (Wildman–Crippen LogP) is 6.83. The molecule has 0 fully saturated rings. The Labute approximate surface area is 298 Å². The number of aromatic hydroxyl groups is 2. The summed E-state index contributed by atoms with van der Waals surface area (Å²) in [5, 5.41) is 20.9. The van der Waals surface area contributed by atoms with Crippen LogP contribution in [0, 0.1) is 10.8 Å². The molecule has 0 saturated heterocycles. The van der Waals surface area contributed by atoms with Gasteiger partial charge in [-0.1, -0.05) is 107 Å². The molecule has 2 aromatic carbocycles. The van der Waals surface area contributed by atoms with Crippen molar-refractivity contribution in [3.8, 4) is 11.5 Å². The zero-order chi connectivity index (χ0) is 38.4. The van der Waals surface area contributed by atoms with Gasteiger partial charge in [-0.25, -0.2) is 0 Å². The topological polar surface area (TPSA) is 156 Å². The zero-order valence-corrected chi connectivity index (χ0v) is 32.2. The first-order chi connectivity index (χ1) is 22.7. The number of amides is 2. The Balaban J connectivity index is 2.07. The van der Waals surface area contributed by atoms with Crippen LogP contribution in [-0.2, 0) is 39.5 Å². The maximum atomic E-state index is 13.1. The molecule has 0 saturated carbocycles. The largest absolute Gasteiger partial charge is 0.508 e. The Morgan fingerprint density at radius 1 is 0.640 bits per heavy atom. The van der Waals surface area contributed by atoms with E-state index in [-0.39, 0.29) is 84.1 Å². The van der Waals surface area contributed by atoms with Gasteiger partial charge in [0.1, 0.15) is 24.7 Å². The second-order valence-electron chi connectivity index (χ2n) is 17.4. The number of carbonyl (C=O) groups excluding carboxylic acids is 4. The van der Waals surface area contributed by atoms with Crippen LogP contribution in [0.1, 0.15) is 130 Å². The summed E-state index contributed by atoms with van der Waals surface area (Å²) in [6.07, 6.45) is 0.124. The average molecular weight is 697 g/mol. The number of nitrogens with two attached hydrogens (primary N) is 1. The highest BCUT2D eigenvalue weighted by molar-refractivity contribution is 6.34. The van der Waals surface area contributed by atoms with Crippen molar-refractivity contribution in [3.05, 3.63) is 58.7 Å². The lowest BCUT2D eigenvalue weighted by Gasteiger charge is -2.32. The molecule has 2 amide bonds. The number of benzene rings is 2. The molecule has 0 spiro atoms. The molecule has 278 valence electrons. The maximum Gasteiger partial charge on any atom is 0.311 e. The van der Waals surface area contributed by atoms with Crippen LogP contribution in [0.4, 0.5) is 0 Å². The number of nitrogens with zero attached hydrogens (tertiary/aromatic N) is 1. The number of primary amides is 1. The maximum absolute atomic E-state index is 13.1. The van der Waals surface area contributed by atoms with Gasteiger partial charge in [0.25, 0.3) is 0 Å². The number of hydrogen-bond acceptors (Lipinski definition) is 8. The molecule has 2 unspecified atom stereocenters. The van der Waals surface area contributed by atoms with Crippen LogP contribution >= 0.6 is 0 Å². The quantitative estimate of drug-likeness (QED) is 0.161. The van der Waals surface area contributed by atoms with Gasteiger partial charge in [0.05, 0.1) is 25.9 Å². The van der Waals surface area contributed by atoms with Crippen LogP contribution in [0.3, 0.4) is 0 Å². The number of carbonyl (C=O) groups is 4. The fourth-order valence-corrected chi connectivity index (χ4v) is 6.05. The number of phenols is 2. The summed E-state index contributed by atoms with van der Waals surface area (Å²) in [5.41, 5.74) is 7.42. The van der Waals surface area contributed by atoms with Crippen molar-refractivity contribution in [1.82, 2.24) is 4.90 Å². The minimum absolute atomic E-state index is 0.0620. The van der Waals surface area contributed by atoms with Crippen LogP contribution in [0.5, 0.6) is 11.5 Å². The number of ether oxygens (including phenoxy) is 2. The Kier molecular flexibility index (Phi) is 13.7. The van der Waals surface area contributed by atoms with E-state index in [0.29, 0.717) is 0 Å². The summed E-state index contributed by atoms with van der Waals surface area (Å²) >= 11 is 0. The smallest absolute Gasteiger partial charge is 0.311 e. The van der Waals surface area contributed by atoms with Crippen LogP contribution in [0.2, 0.25) is 0 Å². The lowest BCUT2D eigenvalue weighted by Crippen LogP contribution is -2.44. The SMILES string of the molecule is CC(C)(C)c1cc(C(CC(=O)OCCN(CCOC(=O)CC(c2ccc(O)c(C(C)(C)C)c2)C(C)(C)C)C(=O)C(N)=O)C(C)(C)C)ccc1O. The van der Waals surface area contributed by atoms with Gasteiger partial charge in [-0.15, -0.1) is 0 Å². The highest BCUT2D eigenvalue weighted by atomic mass is 16.5. The van der Waals surface area contributed by atoms with Crippen molar-refractivity contribution in [2.45, 2.75) is 119 Å². The van der Waals surface area contributed by atoms with E-state index in [9.17, 15) is 29.4 Å². The van der Waals surface area contributed by atoms with Crippen molar-refractivity contribution in [1.29, 1.82) is 0 Å². The molecule has 4 N–H and O–H groups in total. The minimum atomic E-state index is -1.17. The molecular formula is C40H60N2O8. The van der Waals surface area contributed by atoms with Crippen LogP contribution in [0.15, 0.2) is 36.4 Å². The summed E-state index contributed by atoms with van der Waals surface area (Å²) in [7, 11) is 0. The second-order valence-corrected chi connectivity index (χ2v) is 17.4. The van der Waals surface area contributed by atoms with E-state index in [1.54, 1.807) is 12.1 Å². The standard InChI is InChI=1S/C40H60N2O8/c1-37(2,3)27(25-13-15-31(43)29(21-25)39(7,8)9)23-33(45)49-19-17-42(36(48)35(41)47)18-20-50-34(46)24-28(38(4,5)6)26-14-16-32(44)30(22-26)40(10,11)12/h13-16,21-22,27-28,43-44H,17-20,23-24H2,1-12H3,(H2,41,47). The van der Waals surface area contributed by atoms with Gasteiger partial charge in [0.2, 0.25) is 0 Å². The Morgan fingerprint density at radius 2 is 0.980 bits per heavy atom. The lowest BCUT2D eigenvalue weighted by atomic mass is 9.73. The molecule has 2 aromatic rings. The molecule has 0 aromatic heterocycles. The van der Waals surface area contributed by atoms with Crippen LogP contribution in [0.25, 0.3) is 0 Å². The molecule has 0 radical (unpaired) electrons. The second kappa shape index (κ2) is 16.3. The first-order valence-corrected chi connectivity index (χ1v) is 17.3. The monoisotopic (exact) mass is 696 g/mol. The van der Waals surface area contributed by atoms with Gasteiger partial charge in [-0.2, -0.15) is 0 Å². The highest BCUT2D eigenvalue weighted by Crippen LogP contribution is 2.42. The summed E-state index contributed by atoms with van der Waals surface area (Å²) in [5.74, 6) is -3.17. The summed E-state index contributed by atoms with van der Waals surface area (Å²) in [4.78, 5) is 51.6. The summed E-state index contributed by atoms with van der Waals surface area (Å²) in [6.45, 7) is 23.6. The Hall–Kier alpha value is -4.08. The number of esters is 2. The van der Waals surface area contributed by atoms with E-state index in [1.165, 1.54) is 0 Å². The molecule has 0 heterocycles. The Morgan fingerprint density at radius 3 is 1.26 bits per heavy atom. The molecule has 10 heteroatoms. The van der Waals surface area contributed by atoms with Gasteiger partial charge in [-0.05, 0) is 67.9 Å². The molecule has 0 aliphatic carbocycles.